The molecule has 2 heterocycles. The number of nitrogens with zero attached hydrogens (tertiary/aromatic N) is 4. The second-order valence-electron chi connectivity index (χ2n) is 6.70. The third-order valence-electron chi connectivity index (χ3n) is 4.26. The van der Waals surface area contributed by atoms with Crippen LogP contribution in [0.5, 0.6) is 0 Å². The molecular formula is C19H25N5O. The second-order valence-corrected chi connectivity index (χ2v) is 6.70. The number of nitrogens with one attached hydrogen (secondary N) is 1. The summed E-state index contributed by atoms with van der Waals surface area (Å²) in [6, 6.07) is 8.68. The number of hydrogen-bond acceptors (Lipinski definition) is 5. The molecule has 1 aliphatic rings. The van der Waals surface area contributed by atoms with Crippen LogP contribution in [0.2, 0.25) is 0 Å². The van der Waals surface area contributed by atoms with Crippen molar-refractivity contribution < 1.29 is 4.79 Å². The molecule has 6 nitrogen and oxygen atoms in total. The molecule has 25 heavy (non-hydrogen) atoms. The lowest BCUT2D eigenvalue weighted by Gasteiger charge is -2.36. The fraction of sp³-hybridized carbons (Fsp3) is 0.421. The summed E-state index contributed by atoms with van der Waals surface area (Å²) in [6.07, 6.45) is 3.25. The Balaban J connectivity index is 1.60. The highest BCUT2D eigenvalue weighted by atomic mass is 16.1. The number of carbonyl (C=O) groups is 1. The Kier molecular flexibility index (Phi) is 5.16. The van der Waals surface area contributed by atoms with Gasteiger partial charge in [0.2, 0.25) is 0 Å². The van der Waals surface area contributed by atoms with Crippen LogP contribution in [0, 0.1) is 6.92 Å². The highest BCUT2D eigenvalue weighted by molar-refractivity contribution is 5.92. The van der Waals surface area contributed by atoms with Gasteiger partial charge in [0.05, 0.1) is 12.4 Å². The maximum Gasteiger partial charge on any atom is 0.271 e. The van der Waals surface area contributed by atoms with Crippen molar-refractivity contribution in [1.82, 2.24) is 15.3 Å². The molecule has 1 aliphatic heterocycles. The van der Waals surface area contributed by atoms with E-state index in [1.165, 1.54) is 11.3 Å². The minimum absolute atomic E-state index is 0.0867. The topological polar surface area (TPSA) is 61.4 Å². The minimum atomic E-state index is -0.182. The normalized spacial score (nSPS) is 14.7. The third kappa shape index (κ3) is 4.26. The second kappa shape index (κ2) is 7.51. The van der Waals surface area contributed by atoms with Gasteiger partial charge >= 0.3 is 0 Å². The van der Waals surface area contributed by atoms with Gasteiger partial charge < -0.3 is 15.1 Å². The van der Waals surface area contributed by atoms with E-state index < -0.39 is 0 Å². The molecule has 1 fully saturated rings. The lowest BCUT2D eigenvalue weighted by atomic mass is 10.2. The van der Waals surface area contributed by atoms with Crippen LogP contribution in [-0.2, 0) is 0 Å². The first kappa shape index (κ1) is 17.2. The highest BCUT2D eigenvalue weighted by Crippen LogP contribution is 2.19. The van der Waals surface area contributed by atoms with Gasteiger partial charge in [0, 0.05) is 37.9 Å². The van der Waals surface area contributed by atoms with Crippen LogP contribution in [-0.4, -0.2) is 48.1 Å². The molecule has 6 heteroatoms. The number of piperazine rings is 1. The highest BCUT2D eigenvalue weighted by Gasteiger charge is 2.19. The molecule has 132 valence electrons. The summed E-state index contributed by atoms with van der Waals surface area (Å²) >= 11 is 0. The monoisotopic (exact) mass is 339 g/mol. The zero-order chi connectivity index (χ0) is 17.8. The SMILES string of the molecule is Cc1cccc(N2CCN(c3cnc(C(=O)NC(C)C)cn3)CC2)c1. The van der Waals surface area contributed by atoms with E-state index in [9.17, 15) is 4.79 Å². The maximum atomic E-state index is 11.9. The van der Waals surface area contributed by atoms with Crippen LogP contribution in [0.3, 0.4) is 0 Å². The van der Waals surface area contributed by atoms with Gasteiger partial charge in [-0.1, -0.05) is 12.1 Å². The Morgan fingerprint density at radius 3 is 2.40 bits per heavy atom. The van der Waals surface area contributed by atoms with E-state index >= 15 is 0 Å². The molecule has 0 unspecified atom stereocenters. The predicted octanol–water partition coefficient (Wildman–Crippen LogP) is 2.25. The summed E-state index contributed by atoms with van der Waals surface area (Å²) in [5.74, 6) is 0.642. The fourth-order valence-electron chi connectivity index (χ4n) is 2.96. The fourth-order valence-corrected chi connectivity index (χ4v) is 2.96. The molecule has 0 radical (unpaired) electrons. The van der Waals surface area contributed by atoms with Gasteiger partial charge in [-0.15, -0.1) is 0 Å². The summed E-state index contributed by atoms with van der Waals surface area (Å²) in [4.78, 5) is 25.2. The van der Waals surface area contributed by atoms with Crippen molar-refractivity contribution in [2.75, 3.05) is 36.0 Å². The van der Waals surface area contributed by atoms with E-state index in [0.717, 1.165) is 32.0 Å². The zero-order valence-electron chi connectivity index (χ0n) is 15.1. The molecule has 0 aliphatic carbocycles. The van der Waals surface area contributed by atoms with Crippen molar-refractivity contribution in [1.29, 1.82) is 0 Å². The van der Waals surface area contributed by atoms with Gasteiger partial charge in [-0.3, -0.25) is 4.79 Å². The van der Waals surface area contributed by atoms with Crippen molar-refractivity contribution in [2.45, 2.75) is 26.8 Å². The van der Waals surface area contributed by atoms with E-state index in [0.29, 0.717) is 5.69 Å². The minimum Gasteiger partial charge on any atom is -0.368 e. The Morgan fingerprint density at radius 2 is 1.80 bits per heavy atom. The molecule has 1 aromatic heterocycles. The zero-order valence-corrected chi connectivity index (χ0v) is 15.1. The van der Waals surface area contributed by atoms with Crippen molar-refractivity contribution >= 4 is 17.4 Å². The number of benzene rings is 1. The van der Waals surface area contributed by atoms with Gasteiger partial charge in [0.15, 0.2) is 0 Å². The smallest absolute Gasteiger partial charge is 0.271 e. The molecule has 3 rings (SSSR count). The molecule has 0 spiro atoms. The molecule has 1 N–H and O–H groups in total. The molecule has 1 amide bonds. The average Bonchev–Trinajstić information content (AvgIpc) is 2.61. The lowest BCUT2D eigenvalue weighted by molar-refractivity contribution is 0.0937. The lowest BCUT2D eigenvalue weighted by Crippen LogP contribution is -2.47. The van der Waals surface area contributed by atoms with Gasteiger partial charge in [-0.2, -0.15) is 0 Å². The van der Waals surface area contributed by atoms with Crippen LogP contribution < -0.4 is 15.1 Å². The number of aryl methyl sites for hydroxylation is 1. The first-order chi connectivity index (χ1) is 12.0. The average molecular weight is 339 g/mol. The van der Waals surface area contributed by atoms with E-state index in [1.807, 2.05) is 13.8 Å². The molecule has 0 atom stereocenters. The Labute approximate surface area is 148 Å². The number of carbonyl (C=O) groups excluding carboxylic acids is 1. The van der Waals surface area contributed by atoms with Crippen LogP contribution in [0.25, 0.3) is 0 Å². The summed E-state index contributed by atoms with van der Waals surface area (Å²) < 4.78 is 0. The van der Waals surface area contributed by atoms with Crippen molar-refractivity contribution in [3.05, 3.63) is 47.9 Å². The van der Waals surface area contributed by atoms with Gasteiger partial charge in [-0.05, 0) is 38.5 Å². The number of aromatic nitrogens is 2. The summed E-state index contributed by atoms with van der Waals surface area (Å²) in [5, 5.41) is 2.82. The number of anilines is 2. The Bertz CT molecular complexity index is 721. The summed E-state index contributed by atoms with van der Waals surface area (Å²) in [7, 11) is 0. The van der Waals surface area contributed by atoms with E-state index in [4.69, 9.17) is 0 Å². The van der Waals surface area contributed by atoms with Crippen molar-refractivity contribution in [2.24, 2.45) is 0 Å². The first-order valence-electron chi connectivity index (χ1n) is 8.72. The van der Waals surface area contributed by atoms with Crippen LogP contribution >= 0.6 is 0 Å². The molecular weight excluding hydrogens is 314 g/mol. The summed E-state index contributed by atoms with van der Waals surface area (Å²) in [6.45, 7) is 9.63. The van der Waals surface area contributed by atoms with Gasteiger partial charge in [0.1, 0.15) is 11.5 Å². The van der Waals surface area contributed by atoms with Crippen molar-refractivity contribution in [3.8, 4) is 0 Å². The van der Waals surface area contributed by atoms with E-state index in [1.54, 1.807) is 12.4 Å². The molecule has 1 saturated heterocycles. The quantitative estimate of drug-likeness (QED) is 0.926. The predicted molar refractivity (Wildman–Crippen MR) is 100 cm³/mol. The summed E-state index contributed by atoms with van der Waals surface area (Å²) in [5.41, 5.74) is 2.91. The number of hydrogen-bond donors (Lipinski definition) is 1. The third-order valence-corrected chi connectivity index (χ3v) is 4.26. The Hall–Kier alpha value is -2.63. The molecule has 1 aromatic carbocycles. The van der Waals surface area contributed by atoms with Gasteiger partial charge in [-0.25, -0.2) is 9.97 Å². The number of rotatable bonds is 4. The Morgan fingerprint density at radius 1 is 1.08 bits per heavy atom. The number of amides is 1. The van der Waals surface area contributed by atoms with E-state index in [-0.39, 0.29) is 11.9 Å². The largest absolute Gasteiger partial charge is 0.368 e. The van der Waals surface area contributed by atoms with Crippen LogP contribution in [0.4, 0.5) is 11.5 Å². The molecule has 0 saturated carbocycles. The maximum absolute atomic E-state index is 11.9. The first-order valence-corrected chi connectivity index (χ1v) is 8.72. The van der Waals surface area contributed by atoms with Crippen LogP contribution in [0.1, 0.15) is 29.9 Å². The molecule has 2 aromatic rings. The van der Waals surface area contributed by atoms with Crippen LogP contribution in [0.15, 0.2) is 36.7 Å². The van der Waals surface area contributed by atoms with Gasteiger partial charge in [0.25, 0.3) is 5.91 Å². The standard InChI is InChI=1S/C19H25N5O/c1-14(2)22-19(25)17-12-21-18(13-20-17)24-9-7-23(8-10-24)16-6-4-5-15(3)11-16/h4-6,11-14H,7-10H2,1-3H3,(H,22,25). The van der Waals surface area contributed by atoms with Crippen molar-refractivity contribution in [3.63, 3.8) is 0 Å². The van der Waals surface area contributed by atoms with E-state index in [2.05, 4.69) is 56.3 Å². The molecule has 0 bridgehead atoms.